The summed E-state index contributed by atoms with van der Waals surface area (Å²) in [5.74, 6) is -0.577. The van der Waals surface area contributed by atoms with E-state index < -0.39 is 20.6 Å². The molecule has 1 aromatic heterocycles. The zero-order valence-corrected chi connectivity index (χ0v) is 12.2. The number of carbonyl (C=O) groups is 1. The molecule has 6 nitrogen and oxygen atoms in total. The molecule has 0 aromatic carbocycles. The van der Waals surface area contributed by atoms with E-state index in [-0.39, 0.29) is 12.1 Å². The highest BCUT2D eigenvalue weighted by atomic mass is 32.2. The van der Waals surface area contributed by atoms with Gasteiger partial charge in [-0.15, -0.1) is 0 Å². The molecule has 2 N–H and O–H groups in total. The molecule has 0 radical (unpaired) electrons. The number of aryl methyl sites for hydroxylation is 1. The third kappa shape index (κ3) is 3.66. The summed E-state index contributed by atoms with van der Waals surface area (Å²) in [5.41, 5.74) is 0.516. The average Bonchev–Trinajstić information content (AvgIpc) is 2.24. The molecule has 0 aliphatic carbocycles. The second-order valence-corrected chi connectivity index (χ2v) is 7.67. The van der Waals surface area contributed by atoms with Gasteiger partial charge < -0.3 is 10.4 Å². The number of sulfone groups is 1. The Bertz CT molecular complexity index is 594. The molecule has 0 spiro atoms. The minimum Gasteiger partial charge on any atom is -0.478 e. The van der Waals surface area contributed by atoms with Crippen molar-refractivity contribution in [3.05, 3.63) is 23.4 Å². The lowest BCUT2D eigenvalue weighted by Gasteiger charge is -2.23. The van der Waals surface area contributed by atoms with Crippen LogP contribution < -0.4 is 5.32 Å². The van der Waals surface area contributed by atoms with Gasteiger partial charge in [-0.05, 0) is 32.9 Å². The Labute approximate surface area is 112 Å². The fraction of sp³-hybridized carbons (Fsp3) is 0.500. The van der Waals surface area contributed by atoms with E-state index in [1.165, 1.54) is 18.4 Å². The summed E-state index contributed by atoms with van der Waals surface area (Å²) in [7, 11) is -3.19. The van der Waals surface area contributed by atoms with E-state index in [0.29, 0.717) is 11.5 Å². The topological polar surface area (TPSA) is 96.4 Å². The number of aromatic carboxylic acids is 1. The Morgan fingerprint density at radius 1 is 1.42 bits per heavy atom. The molecule has 19 heavy (non-hydrogen) atoms. The maximum Gasteiger partial charge on any atom is 0.337 e. The molecule has 0 bridgehead atoms. The van der Waals surface area contributed by atoms with Crippen molar-refractivity contribution in [3.63, 3.8) is 0 Å². The monoisotopic (exact) mass is 286 g/mol. The van der Waals surface area contributed by atoms with Crippen molar-refractivity contribution in [1.82, 2.24) is 4.98 Å². The number of aromatic nitrogens is 1. The predicted octanol–water partition coefficient (Wildman–Crippen LogP) is 1.32. The fourth-order valence-corrected chi connectivity index (χ4v) is 1.65. The van der Waals surface area contributed by atoms with Crippen molar-refractivity contribution < 1.29 is 18.3 Å². The van der Waals surface area contributed by atoms with Crippen LogP contribution in [-0.4, -0.2) is 42.0 Å². The highest BCUT2D eigenvalue weighted by molar-refractivity contribution is 7.92. The van der Waals surface area contributed by atoms with Gasteiger partial charge in [0.1, 0.15) is 5.82 Å². The molecule has 106 valence electrons. The molecule has 0 amide bonds. The molecule has 7 heteroatoms. The number of nitrogens with zero attached hydrogens (tertiary/aromatic N) is 1. The fourth-order valence-electron chi connectivity index (χ4n) is 1.32. The predicted molar refractivity (Wildman–Crippen MR) is 73.3 cm³/mol. The Morgan fingerprint density at radius 2 is 2.00 bits per heavy atom. The lowest BCUT2D eigenvalue weighted by atomic mass is 10.2. The number of rotatable bonds is 5. The SMILES string of the molecule is Cc1nc(NCC(C)(C)S(C)(=O)=O)ccc1C(=O)O. The van der Waals surface area contributed by atoms with E-state index in [1.807, 2.05) is 0 Å². The van der Waals surface area contributed by atoms with Crippen LogP contribution in [0.1, 0.15) is 29.9 Å². The summed E-state index contributed by atoms with van der Waals surface area (Å²) < 4.78 is 22.2. The average molecular weight is 286 g/mol. The zero-order chi connectivity index (χ0) is 14.8. The van der Waals surface area contributed by atoms with Crippen LogP contribution >= 0.6 is 0 Å². The molecule has 0 saturated heterocycles. The lowest BCUT2D eigenvalue weighted by molar-refractivity contribution is 0.0695. The number of carboxylic acid groups (broad SMARTS) is 1. The third-order valence-electron chi connectivity index (χ3n) is 3.02. The molecule has 0 aliphatic heterocycles. The summed E-state index contributed by atoms with van der Waals surface area (Å²) in [6.45, 7) is 5.03. The van der Waals surface area contributed by atoms with Gasteiger partial charge in [-0.3, -0.25) is 0 Å². The second kappa shape index (κ2) is 5.16. The summed E-state index contributed by atoms with van der Waals surface area (Å²) in [6, 6.07) is 2.97. The van der Waals surface area contributed by atoms with Crippen molar-refractivity contribution in [2.45, 2.75) is 25.5 Å². The Morgan fingerprint density at radius 3 is 2.42 bits per heavy atom. The summed E-state index contributed by atoms with van der Waals surface area (Å²) >= 11 is 0. The van der Waals surface area contributed by atoms with Gasteiger partial charge in [0.05, 0.1) is 16.0 Å². The number of carboxylic acids is 1. The molecule has 0 atom stereocenters. The molecule has 1 heterocycles. The van der Waals surface area contributed by atoms with Crippen LogP contribution in [0.3, 0.4) is 0 Å². The number of hydrogen-bond donors (Lipinski definition) is 2. The van der Waals surface area contributed by atoms with Gasteiger partial charge in [-0.2, -0.15) is 0 Å². The number of nitrogens with one attached hydrogen (secondary N) is 1. The molecular weight excluding hydrogens is 268 g/mol. The van der Waals surface area contributed by atoms with Gasteiger partial charge in [0.2, 0.25) is 0 Å². The number of hydrogen-bond acceptors (Lipinski definition) is 5. The molecule has 0 aliphatic rings. The normalized spacial score (nSPS) is 12.2. The van der Waals surface area contributed by atoms with E-state index >= 15 is 0 Å². The van der Waals surface area contributed by atoms with Gasteiger partial charge in [-0.25, -0.2) is 18.2 Å². The van der Waals surface area contributed by atoms with Crippen molar-refractivity contribution in [2.75, 3.05) is 18.1 Å². The van der Waals surface area contributed by atoms with Crippen LogP contribution in [0.2, 0.25) is 0 Å². The molecule has 1 rings (SSSR count). The van der Waals surface area contributed by atoms with Crippen LogP contribution in [0.15, 0.2) is 12.1 Å². The van der Waals surface area contributed by atoms with Crippen LogP contribution in [0.4, 0.5) is 5.82 Å². The van der Waals surface area contributed by atoms with Gasteiger partial charge in [0.25, 0.3) is 0 Å². The largest absolute Gasteiger partial charge is 0.478 e. The first-order valence-corrected chi connectivity index (χ1v) is 7.58. The molecule has 0 unspecified atom stereocenters. The van der Waals surface area contributed by atoms with Gasteiger partial charge >= 0.3 is 5.97 Å². The van der Waals surface area contributed by atoms with Crippen LogP contribution in [-0.2, 0) is 9.84 Å². The maximum atomic E-state index is 11.5. The van der Waals surface area contributed by atoms with Crippen molar-refractivity contribution >= 4 is 21.6 Å². The van der Waals surface area contributed by atoms with E-state index in [0.717, 1.165) is 0 Å². The first-order valence-electron chi connectivity index (χ1n) is 5.69. The van der Waals surface area contributed by atoms with E-state index in [9.17, 15) is 13.2 Å². The number of pyridine rings is 1. The van der Waals surface area contributed by atoms with E-state index in [2.05, 4.69) is 10.3 Å². The quantitative estimate of drug-likeness (QED) is 0.847. The summed E-state index contributed by atoms with van der Waals surface area (Å²) in [5, 5.41) is 11.8. The Hall–Kier alpha value is -1.63. The van der Waals surface area contributed by atoms with Crippen LogP contribution in [0, 0.1) is 6.92 Å². The molecule has 0 fully saturated rings. The van der Waals surface area contributed by atoms with Gasteiger partial charge in [0, 0.05) is 12.8 Å². The maximum absolute atomic E-state index is 11.5. The first-order chi connectivity index (χ1) is 8.54. The standard InChI is InChI=1S/C12H18N2O4S/c1-8-9(11(15)16)5-6-10(14-8)13-7-12(2,3)19(4,17)18/h5-6H,7H2,1-4H3,(H,13,14)(H,15,16). The minimum absolute atomic E-state index is 0.132. The van der Waals surface area contributed by atoms with Crippen molar-refractivity contribution in [2.24, 2.45) is 0 Å². The van der Waals surface area contributed by atoms with E-state index in [4.69, 9.17) is 5.11 Å². The van der Waals surface area contributed by atoms with Crippen molar-refractivity contribution in [3.8, 4) is 0 Å². The third-order valence-corrected chi connectivity index (χ3v) is 5.17. The van der Waals surface area contributed by atoms with Crippen molar-refractivity contribution in [1.29, 1.82) is 0 Å². The summed E-state index contributed by atoms with van der Waals surface area (Å²) in [4.78, 5) is 14.9. The first kappa shape index (κ1) is 15.4. The molecule has 0 saturated carbocycles. The van der Waals surface area contributed by atoms with E-state index in [1.54, 1.807) is 20.8 Å². The van der Waals surface area contributed by atoms with Gasteiger partial charge in [0.15, 0.2) is 9.84 Å². The Kier molecular flexibility index (Phi) is 4.19. The van der Waals surface area contributed by atoms with Crippen LogP contribution in [0.5, 0.6) is 0 Å². The molecular formula is C12H18N2O4S. The summed E-state index contributed by atoms with van der Waals surface area (Å²) in [6.07, 6.45) is 1.18. The van der Waals surface area contributed by atoms with Crippen LogP contribution in [0.25, 0.3) is 0 Å². The zero-order valence-electron chi connectivity index (χ0n) is 11.4. The minimum atomic E-state index is -3.19. The molecule has 1 aromatic rings. The Balaban J connectivity index is 2.86. The second-order valence-electron chi connectivity index (χ2n) is 5.02. The highest BCUT2D eigenvalue weighted by Crippen LogP contribution is 2.17. The van der Waals surface area contributed by atoms with Gasteiger partial charge in [-0.1, -0.05) is 0 Å². The highest BCUT2D eigenvalue weighted by Gasteiger charge is 2.29. The lowest BCUT2D eigenvalue weighted by Crippen LogP contribution is -2.38. The smallest absolute Gasteiger partial charge is 0.337 e. The number of anilines is 1.